The van der Waals surface area contributed by atoms with E-state index in [9.17, 15) is 14.7 Å². The molecule has 0 aliphatic heterocycles. The van der Waals surface area contributed by atoms with Crippen LogP contribution in [0, 0.1) is 6.92 Å². The average Bonchev–Trinajstić information content (AvgIpc) is 2.65. The Morgan fingerprint density at radius 2 is 2.21 bits per heavy atom. The lowest BCUT2D eigenvalue weighted by molar-refractivity contribution is 0.0698. The normalized spacial score (nSPS) is 10.6. The van der Waals surface area contributed by atoms with E-state index in [1.54, 1.807) is 23.6 Å². The highest BCUT2D eigenvalue weighted by molar-refractivity contribution is 6.01. The van der Waals surface area contributed by atoms with E-state index >= 15 is 0 Å². The number of carbonyl (C=O) groups is 2. The SMILES string of the molecule is Cc1nc2cccc(C(=O)O)c2n1CCNC(N)=O. The van der Waals surface area contributed by atoms with Gasteiger partial charge in [0.2, 0.25) is 0 Å². The third-order valence-corrected chi connectivity index (χ3v) is 2.82. The van der Waals surface area contributed by atoms with Gasteiger partial charge in [-0.15, -0.1) is 0 Å². The summed E-state index contributed by atoms with van der Waals surface area (Å²) in [6, 6.07) is 4.33. The molecule has 2 aromatic rings. The summed E-state index contributed by atoms with van der Waals surface area (Å²) in [5.74, 6) is -0.315. The first-order valence-electron chi connectivity index (χ1n) is 5.73. The second-order valence-electron chi connectivity index (χ2n) is 4.08. The molecule has 0 aliphatic carbocycles. The number of urea groups is 1. The van der Waals surface area contributed by atoms with Crippen LogP contribution in [0.3, 0.4) is 0 Å². The largest absolute Gasteiger partial charge is 0.478 e. The number of nitrogens with two attached hydrogens (primary N) is 1. The van der Waals surface area contributed by atoms with Crippen molar-refractivity contribution in [1.82, 2.24) is 14.9 Å². The van der Waals surface area contributed by atoms with Crippen LogP contribution in [0.2, 0.25) is 0 Å². The number of carboxylic acid groups (broad SMARTS) is 1. The van der Waals surface area contributed by atoms with Crippen molar-refractivity contribution in [2.75, 3.05) is 6.54 Å². The molecule has 0 unspecified atom stereocenters. The number of primary amides is 1. The van der Waals surface area contributed by atoms with Gasteiger partial charge in [-0.2, -0.15) is 0 Å². The van der Waals surface area contributed by atoms with Crippen LogP contribution in [0.5, 0.6) is 0 Å². The number of imidazole rings is 1. The number of para-hydroxylation sites is 1. The first-order chi connectivity index (χ1) is 9.00. The molecule has 1 aromatic carbocycles. The molecule has 0 aliphatic rings. The summed E-state index contributed by atoms with van der Waals surface area (Å²) >= 11 is 0. The number of aryl methyl sites for hydroxylation is 1. The number of fused-ring (bicyclic) bond motifs is 1. The zero-order valence-electron chi connectivity index (χ0n) is 10.4. The van der Waals surface area contributed by atoms with E-state index in [0.29, 0.717) is 29.9 Å². The number of carbonyl (C=O) groups excluding carboxylic acids is 1. The zero-order chi connectivity index (χ0) is 14.0. The van der Waals surface area contributed by atoms with E-state index in [1.165, 1.54) is 6.07 Å². The minimum Gasteiger partial charge on any atom is -0.478 e. The third-order valence-electron chi connectivity index (χ3n) is 2.82. The Hall–Kier alpha value is -2.57. The van der Waals surface area contributed by atoms with E-state index < -0.39 is 12.0 Å². The van der Waals surface area contributed by atoms with Gasteiger partial charge in [-0.25, -0.2) is 14.6 Å². The second kappa shape index (κ2) is 4.97. The van der Waals surface area contributed by atoms with Gasteiger partial charge in [0.1, 0.15) is 5.82 Å². The van der Waals surface area contributed by atoms with Gasteiger partial charge >= 0.3 is 12.0 Å². The van der Waals surface area contributed by atoms with Crippen LogP contribution in [0.15, 0.2) is 18.2 Å². The van der Waals surface area contributed by atoms with Crippen LogP contribution in [0.4, 0.5) is 4.79 Å². The van der Waals surface area contributed by atoms with E-state index in [2.05, 4.69) is 10.3 Å². The van der Waals surface area contributed by atoms with Crippen LogP contribution in [0.1, 0.15) is 16.2 Å². The van der Waals surface area contributed by atoms with E-state index in [-0.39, 0.29) is 5.56 Å². The standard InChI is InChI=1S/C12H14N4O3/c1-7-15-9-4-2-3-8(11(17)18)10(9)16(7)6-5-14-12(13)19/h2-4H,5-6H2,1H3,(H,17,18)(H3,13,14,19). The first kappa shape index (κ1) is 12.9. The highest BCUT2D eigenvalue weighted by Crippen LogP contribution is 2.20. The monoisotopic (exact) mass is 262 g/mol. The Morgan fingerprint density at radius 1 is 1.47 bits per heavy atom. The number of carboxylic acids is 1. The smallest absolute Gasteiger partial charge is 0.337 e. The second-order valence-corrected chi connectivity index (χ2v) is 4.08. The Bertz CT molecular complexity index is 648. The fourth-order valence-corrected chi connectivity index (χ4v) is 2.04. The molecule has 0 atom stereocenters. The number of aromatic nitrogens is 2. The van der Waals surface area contributed by atoms with Gasteiger partial charge < -0.3 is 20.7 Å². The van der Waals surface area contributed by atoms with Gasteiger partial charge in [-0.05, 0) is 19.1 Å². The lowest BCUT2D eigenvalue weighted by Crippen LogP contribution is -2.32. The highest BCUT2D eigenvalue weighted by Gasteiger charge is 2.15. The van der Waals surface area contributed by atoms with Crippen LogP contribution in [0.25, 0.3) is 11.0 Å². The predicted molar refractivity (Wildman–Crippen MR) is 69.0 cm³/mol. The topological polar surface area (TPSA) is 110 Å². The number of benzene rings is 1. The molecule has 100 valence electrons. The molecule has 2 rings (SSSR count). The lowest BCUT2D eigenvalue weighted by Gasteiger charge is -2.08. The molecule has 0 saturated heterocycles. The maximum Gasteiger partial charge on any atom is 0.337 e. The Labute approximate surface area is 109 Å². The summed E-state index contributed by atoms with van der Waals surface area (Å²) in [5.41, 5.74) is 6.36. The maximum absolute atomic E-state index is 11.2. The number of aromatic carboxylic acids is 1. The van der Waals surface area contributed by atoms with Crippen molar-refractivity contribution in [3.05, 3.63) is 29.6 Å². The molecule has 4 N–H and O–H groups in total. The number of nitrogens with one attached hydrogen (secondary N) is 1. The van der Waals surface area contributed by atoms with Gasteiger partial charge in [-0.1, -0.05) is 6.07 Å². The summed E-state index contributed by atoms with van der Waals surface area (Å²) in [6.07, 6.45) is 0. The molecular formula is C12H14N4O3. The fraction of sp³-hybridized carbons (Fsp3) is 0.250. The molecule has 1 heterocycles. The van der Waals surface area contributed by atoms with Crippen molar-refractivity contribution in [3.63, 3.8) is 0 Å². The molecule has 19 heavy (non-hydrogen) atoms. The van der Waals surface area contributed by atoms with Gasteiger partial charge in [-0.3, -0.25) is 0 Å². The maximum atomic E-state index is 11.2. The minimum atomic E-state index is -1.00. The average molecular weight is 262 g/mol. The van der Waals surface area contributed by atoms with Gasteiger partial charge in [0.15, 0.2) is 0 Å². The summed E-state index contributed by atoms with van der Waals surface area (Å²) in [5, 5.41) is 11.7. The molecule has 0 fully saturated rings. The molecule has 2 amide bonds. The highest BCUT2D eigenvalue weighted by atomic mass is 16.4. The van der Waals surface area contributed by atoms with Crippen molar-refractivity contribution in [2.24, 2.45) is 5.73 Å². The first-order valence-corrected chi connectivity index (χ1v) is 5.73. The number of hydrogen-bond acceptors (Lipinski definition) is 3. The molecular weight excluding hydrogens is 248 g/mol. The van der Waals surface area contributed by atoms with Crippen LogP contribution < -0.4 is 11.1 Å². The zero-order valence-corrected chi connectivity index (χ0v) is 10.4. The Morgan fingerprint density at radius 3 is 2.84 bits per heavy atom. The van der Waals surface area contributed by atoms with Gasteiger partial charge in [0.25, 0.3) is 0 Å². The summed E-state index contributed by atoms with van der Waals surface area (Å²) in [7, 11) is 0. The number of hydrogen-bond donors (Lipinski definition) is 3. The van der Waals surface area contributed by atoms with E-state index in [4.69, 9.17) is 5.73 Å². The van der Waals surface area contributed by atoms with Crippen LogP contribution in [-0.2, 0) is 6.54 Å². The van der Waals surface area contributed by atoms with Crippen molar-refractivity contribution in [3.8, 4) is 0 Å². The number of nitrogens with zero attached hydrogens (tertiary/aromatic N) is 2. The van der Waals surface area contributed by atoms with Crippen LogP contribution >= 0.6 is 0 Å². The Kier molecular flexibility index (Phi) is 3.37. The van der Waals surface area contributed by atoms with E-state index in [1.807, 2.05) is 0 Å². The van der Waals surface area contributed by atoms with Crippen LogP contribution in [-0.4, -0.2) is 33.2 Å². The number of amides is 2. The van der Waals surface area contributed by atoms with Gasteiger partial charge in [0.05, 0.1) is 16.6 Å². The molecule has 7 nitrogen and oxygen atoms in total. The van der Waals surface area contributed by atoms with Gasteiger partial charge in [0, 0.05) is 13.1 Å². The molecule has 0 bridgehead atoms. The summed E-state index contributed by atoms with van der Waals surface area (Å²) < 4.78 is 1.76. The van der Waals surface area contributed by atoms with Crippen molar-refractivity contribution < 1.29 is 14.7 Å². The lowest BCUT2D eigenvalue weighted by atomic mass is 10.2. The molecule has 0 spiro atoms. The molecule has 7 heteroatoms. The fourth-order valence-electron chi connectivity index (χ4n) is 2.04. The molecule has 0 radical (unpaired) electrons. The Balaban J connectivity index is 2.44. The van der Waals surface area contributed by atoms with Crippen molar-refractivity contribution >= 4 is 23.0 Å². The van der Waals surface area contributed by atoms with E-state index in [0.717, 1.165) is 0 Å². The summed E-state index contributed by atoms with van der Waals surface area (Å²) in [4.78, 5) is 26.2. The molecule has 0 saturated carbocycles. The number of rotatable bonds is 4. The quantitative estimate of drug-likeness (QED) is 0.753. The molecule has 1 aromatic heterocycles. The van der Waals surface area contributed by atoms with Crippen molar-refractivity contribution in [1.29, 1.82) is 0 Å². The van der Waals surface area contributed by atoms with Crippen molar-refractivity contribution in [2.45, 2.75) is 13.5 Å². The minimum absolute atomic E-state index is 0.192. The predicted octanol–water partition coefficient (Wildman–Crippen LogP) is 0.711. The summed E-state index contributed by atoms with van der Waals surface area (Å²) in [6.45, 7) is 2.51. The third kappa shape index (κ3) is 2.49.